The van der Waals surface area contributed by atoms with Gasteiger partial charge in [0, 0.05) is 11.0 Å². The average molecular weight is 349 g/mol. The van der Waals surface area contributed by atoms with Crippen molar-refractivity contribution in [3.8, 4) is 0 Å². The van der Waals surface area contributed by atoms with E-state index in [2.05, 4.69) is 15.9 Å². The van der Waals surface area contributed by atoms with Gasteiger partial charge in [-0.2, -0.15) is 0 Å². The van der Waals surface area contributed by atoms with Crippen LogP contribution in [0.3, 0.4) is 0 Å². The van der Waals surface area contributed by atoms with Gasteiger partial charge in [0.1, 0.15) is 11.9 Å². The minimum Gasteiger partial charge on any atom is -0.328 e. The molecule has 108 valence electrons. The number of hydrogen-bond donors (Lipinski definition) is 1. The highest BCUT2D eigenvalue weighted by Gasteiger charge is 2.45. The molecule has 2 aromatic carbocycles. The molecular weight excluding hydrogens is 335 g/mol. The molecule has 1 saturated heterocycles. The molecule has 2 N–H and O–H groups in total. The van der Waals surface area contributed by atoms with Gasteiger partial charge in [-0.15, -0.1) is 0 Å². The lowest BCUT2D eigenvalue weighted by molar-refractivity contribution is -0.150. The standard InChI is InChI=1S/C16H14BrFN2O/c17-12-5-3-11(4-6-12)15-14(19)16(21)20(15)9-10-1-7-13(18)8-2-10/h1-8,14-15H,9,19H2/t14-,15-/m0/s1. The highest BCUT2D eigenvalue weighted by Crippen LogP contribution is 2.35. The van der Waals surface area contributed by atoms with E-state index < -0.39 is 6.04 Å². The number of nitrogens with two attached hydrogens (primary N) is 1. The van der Waals surface area contributed by atoms with E-state index >= 15 is 0 Å². The van der Waals surface area contributed by atoms with Crippen LogP contribution in [0.2, 0.25) is 0 Å². The fourth-order valence-electron chi connectivity index (χ4n) is 2.59. The molecule has 0 spiro atoms. The largest absolute Gasteiger partial charge is 0.328 e. The van der Waals surface area contributed by atoms with Crippen LogP contribution in [0.25, 0.3) is 0 Å². The molecule has 0 aromatic heterocycles. The first-order chi connectivity index (χ1) is 10.1. The lowest BCUT2D eigenvalue weighted by Crippen LogP contribution is -2.62. The number of nitrogens with zero attached hydrogens (tertiary/aromatic N) is 1. The van der Waals surface area contributed by atoms with Crippen molar-refractivity contribution in [2.75, 3.05) is 0 Å². The van der Waals surface area contributed by atoms with Gasteiger partial charge in [0.2, 0.25) is 5.91 Å². The summed E-state index contributed by atoms with van der Waals surface area (Å²) in [5.74, 6) is -0.359. The normalized spacial score (nSPS) is 21.3. The zero-order valence-electron chi connectivity index (χ0n) is 11.2. The quantitative estimate of drug-likeness (QED) is 0.866. The Labute approximate surface area is 130 Å². The second-order valence-corrected chi connectivity index (χ2v) is 6.03. The maximum atomic E-state index is 12.9. The number of halogens is 2. The molecule has 3 rings (SSSR count). The molecule has 0 bridgehead atoms. The lowest BCUT2D eigenvalue weighted by Gasteiger charge is -2.45. The predicted molar refractivity (Wildman–Crippen MR) is 81.8 cm³/mol. The molecule has 1 heterocycles. The van der Waals surface area contributed by atoms with Crippen molar-refractivity contribution in [2.45, 2.75) is 18.6 Å². The third-order valence-corrected chi connectivity index (χ3v) is 4.25. The van der Waals surface area contributed by atoms with Crippen molar-refractivity contribution >= 4 is 21.8 Å². The van der Waals surface area contributed by atoms with Gasteiger partial charge in [-0.3, -0.25) is 4.79 Å². The van der Waals surface area contributed by atoms with E-state index in [-0.39, 0.29) is 17.8 Å². The Morgan fingerprint density at radius 3 is 2.33 bits per heavy atom. The van der Waals surface area contributed by atoms with Crippen molar-refractivity contribution in [1.82, 2.24) is 4.90 Å². The first kappa shape index (κ1) is 14.2. The summed E-state index contributed by atoms with van der Waals surface area (Å²) in [5.41, 5.74) is 7.84. The Morgan fingerprint density at radius 2 is 1.71 bits per heavy atom. The molecule has 2 atom stereocenters. The van der Waals surface area contributed by atoms with E-state index in [1.165, 1.54) is 12.1 Å². The van der Waals surface area contributed by atoms with E-state index in [0.29, 0.717) is 6.54 Å². The zero-order chi connectivity index (χ0) is 15.0. The van der Waals surface area contributed by atoms with Crippen LogP contribution in [0.5, 0.6) is 0 Å². The Kier molecular flexibility index (Phi) is 3.78. The Balaban J connectivity index is 1.81. The average Bonchev–Trinajstić information content (AvgIpc) is 2.50. The third kappa shape index (κ3) is 2.71. The van der Waals surface area contributed by atoms with Crippen molar-refractivity contribution in [1.29, 1.82) is 0 Å². The maximum Gasteiger partial charge on any atom is 0.242 e. The van der Waals surface area contributed by atoms with Crippen molar-refractivity contribution in [3.63, 3.8) is 0 Å². The van der Waals surface area contributed by atoms with Gasteiger partial charge in [0.15, 0.2) is 0 Å². The highest BCUT2D eigenvalue weighted by atomic mass is 79.9. The smallest absolute Gasteiger partial charge is 0.242 e. The Bertz CT molecular complexity index is 657. The van der Waals surface area contributed by atoms with Gasteiger partial charge in [0.25, 0.3) is 0 Å². The molecule has 0 aliphatic carbocycles. The van der Waals surface area contributed by atoms with E-state index in [1.807, 2.05) is 24.3 Å². The van der Waals surface area contributed by atoms with Crippen LogP contribution in [-0.2, 0) is 11.3 Å². The number of amides is 1. The van der Waals surface area contributed by atoms with Crippen LogP contribution in [0, 0.1) is 5.82 Å². The van der Waals surface area contributed by atoms with Gasteiger partial charge in [-0.1, -0.05) is 40.2 Å². The van der Waals surface area contributed by atoms with Crippen molar-refractivity contribution in [3.05, 3.63) is 69.9 Å². The Hall–Kier alpha value is -1.72. The number of carbonyl (C=O) groups excluding carboxylic acids is 1. The third-order valence-electron chi connectivity index (χ3n) is 3.72. The van der Waals surface area contributed by atoms with E-state index in [4.69, 9.17) is 5.73 Å². The van der Waals surface area contributed by atoms with Gasteiger partial charge in [-0.25, -0.2) is 4.39 Å². The van der Waals surface area contributed by atoms with Crippen LogP contribution in [0.1, 0.15) is 17.2 Å². The fraction of sp³-hybridized carbons (Fsp3) is 0.188. The fourth-order valence-corrected chi connectivity index (χ4v) is 2.85. The van der Waals surface area contributed by atoms with E-state index in [1.54, 1.807) is 17.0 Å². The lowest BCUT2D eigenvalue weighted by atomic mass is 9.88. The number of carbonyl (C=O) groups is 1. The minimum atomic E-state index is -0.508. The van der Waals surface area contributed by atoms with Gasteiger partial charge in [0.05, 0.1) is 6.04 Å². The summed E-state index contributed by atoms with van der Waals surface area (Å²) in [7, 11) is 0. The molecule has 0 unspecified atom stereocenters. The van der Waals surface area contributed by atoms with Gasteiger partial charge >= 0.3 is 0 Å². The first-order valence-electron chi connectivity index (χ1n) is 6.62. The number of likely N-dealkylation sites (tertiary alicyclic amines) is 1. The second-order valence-electron chi connectivity index (χ2n) is 5.11. The second kappa shape index (κ2) is 5.58. The van der Waals surface area contributed by atoms with Gasteiger partial charge < -0.3 is 10.6 Å². The SMILES string of the molecule is N[C@@H]1C(=O)N(Cc2ccc(F)cc2)[C@H]1c1ccc(Br)cc1. The van der Waals surface area contributed by atoms with E-state index in [0.717, 1.165) is 15.6 Å². The summed E-state index contributed by atoms with van der Waals surface area (Å²) in [5, 5.41) is 0. The maximum absolute atomic E-state index is 12.9. The summed E-state index contributed by atoms with van der Waals surface area (Å²) < 4.78 is 13.9. The molecule has 5 heteroatoms. The minimum absolute atomic E-state index is 0.0766. The number of rotatable bonds is 3. The summed E-state index contributed by atoms with van der Waals surface area (Å²) in [6.45, 7) is 0.438. The summed E-state index contributed by atoms with van der Waals surface area (Å²) in [6, 6.07) is 13.3. The van der Waals surface area contributed by atoms with Crippen LogP contribution in [0.4, 0.5) is 4.39 Å². The Morgan fingerprint density at radius 1 is 1.10 bits per heavy atom. The molecule has 1 amide bonds. The molecule has 2 aromatic rings. The summed E-state index contributed by atoms with van der Waals surface area (Å²) in [6.07, 6.45) is 0. The zero-order valence-corrected chi connectivity index (χ0v) is 12.8. The molecule has 1 aliphatic rings. The monoisotopic (exact) mass is 348 g/mol. The van der Waals surface area contributed by atoms with Crippen molar-refractivity contribution < 1.29 is 9.18 Å². The van der Waals surface area contributed by atoms with Gasteiger partial charge in [-0.05, 0) is 35.4 Å². The number of hydrogen-bond acceptors (Lipinski definition) is 2. The first-order valence-corrected chi connectivity index (χ1v) is 7.41. The molecule has 0 radical (unpaired) electrons. The van der Waals surface area contributed by atoms with E-state index in [9.17, 15) is 9.18 Å². The number of β-lactam (4-membered cyclic amide) rings is 1. The van der Waals surface area contributed by atoms with Crippen molar-refractivity contribution in [2.24, 2.45) is 5.73 Å². The highest BCUT2D eigenvalue weighted by molar-refractivity contribution is 9.10. The predicted octanol–water partition coefficient (Wildman–Crippen LogP) is 3.00. The summed E-state index contributed by atoms with van der Waals surface area (Å²) in [4.78, 5) is 13.7. The molecule has 1 aliphatic heterocycles. The molecule has 3 nitrogen and oxygen atoms in total. The summed E-state index contributed by atoms with van der Waals surface area (Å²) >= 11 is 3.39. The van der Waals surface area contributed by atoms with Crippen LogP contribution >= 0.6 is 15.9 Å². The van der Waals surface area contributed by atoms with Crippen LogP contribution < -0.4 is 5.73 Å². The molecular formula is C16H14BrFN2O. The topological polar surface area (TPSA) is 46.3 Å². The van der Waals surface area contributed by atoms with Crippen LogP contribution in [-0.4, -0.2) is 16.8 Å². The molecule has 21 heavy (non-hydrogen) atoms. The molecule has 0 saturated carbocycles. The molecule has 1 fully saturated rings. The number of benzene rings is 2. The van der Waals surface area contributed by atoms with Crippen LogP contribution in [0.15, 0.2) is 53.0 Å².